The second kappa shape index (κ2) is 7.69. The van der Waals surface area contributed by atoms with Gasteiger partial charge in [-0.15, -0.1) is 11.8 Å². The van der Waals surface area contributed by atoms with Gasteiger partial charge in [-0.25, -0.2) is 4.98 Å². The second-order valence-corrected chi connectivity index (χ2v) is 6.39. The van der Waals surface area contributed by atoms with Crippen LogP contribution >= 0.6 is 23.4 Å². The topological polar surface area (TPSA) is 50.9 Å². The number of nitrogens with two attached hydrogens (primary N) is 1. The fourth-order valence-electron chi connectivity index (χ4n) is 2.06. The van der Waals surface area contributed by atoms with E-state index in [4.69, 9.17) is 17.3 Å². The average molecular weight is 322 g/mol. The molecule has 0 aliphatic heterocycles. The smallest absolute Gasteiger partial charge is 0.128 e. The van der Waals surface area contributed by atoms with Crippen molar-refractivity contribution in [2.45, 2.75) is 24.8 Å². The van der Waals surface area contributed by atoms with Gasteiger partial charge in [0.15, 0.2) is 0 Å². The molecule has 1 aromatic carbocycles. The lowest BCUT2D eigenvalue weighted by Gasteiger charge is -2.19. The van der Waals surface area contributed by atoms with Gasteiger partial charge in [0.05, 0.1) is 5.02 Å². The van der Waals surface area contributed by atoms with E-state index < -0.39 is 0 Å². The van der Waals surface area contributed by atoms with Crippen molar-refractivity contribution in [1.82, 2.24) is 10.3 Å². The van der Waals surface area contributed by atoms with Gasteiger partial charge < -0.3 is 11.1 Å². The lowest BCUT2D eigenvalue weighted by Crippen LogP contribution is -2.24. The maximum absolute atomic E-state index is 6.04. The lowest BCUT2D eigenvalue weighted by molar-refractivity contribution is 0.606. The van der Waals surface area contributed by atoms with Gasteiger partial charge in [-0.3, -0.25) is 0 Å². The van der Waals surface area contributed by atoms with Gasteiger partial charge in [-0.1, -0.05) is 36.2 Å². The first-order valence-corrected chi connectivity index (χ1v) is 8.30. The molecule has 0 saturated heterocycles. The fraction of sp³-hybridized carbons (Fsp3) is 0.312. The van der Waals surface area contributed by atoms with Crippen LogP contribution < -0.4 is 11.1 Å². The zero-order valence-corrected chi connectivity index (χ0v) is 13.8. The van der Waals surface area contributed by atoms with Crippen molar-refractivity contribution < 1.29 is 0 Å². The molecule has 1 unspecified atom stereocenters. The number of rotatable bonds is 6. The fourth-order valence-corrected chi connectivity index (χ4v) is 3.22. The Bertz CT molecular complexity index is 587. The number of hydrogen-bond donors (Lipinski definition) is 2. The van der Waals surface area contributed by atoms with E-state index in [2.05, 4.69) is 48.4 Å². The van der Waals surface area contributed by atoms with Crippen LogP contribution in [-0.4, -0.2) is 17.3 Å². The number of halogens is 1. The molecule has 0 aliphatic carbocycles. The molecule has 3 N–H and O–H groups in total. The van der Waals surface area contributed by atoms with Crippen LogP contribution in [0.5, 0.6) is 0 Å². The van der Waals surface area contributed by atoms with E-state index >= 15 is 0 Å². The summed E-state index contributed by atoms with van der Waals surface area (Å²) in [5.74, 6) is 1.42. The number of hydrogen-bond acceptors (Lipinski definition) is 4. The monoisotopic (exact) mass is 321 g/mol. The minimum absolute atomic E-state index is 0.132. The Morgan fingerprint density at radius 2 is 2.05 bits per heavy atom. The lowest BCUT2D eigenvalue weighted by atomic mass is 10.1. The van der Waals surface area contributed by atoms with Crippen LogP contribution in [0.4, 0.5) is 5.82 Å². The van der Waals surface area contributed by atoms with Gasteiger partial charge in [0.2, 0.25) is 0 Å². The molecule has 0 amide bonds. The highest BCUT2D eigenvalue weighted by Crippen LogP contribution is 2.28. The molecule has 0 radical (unpaired) electrons. The summed E-state index contributed by atoms with van der Waals surface area (Å²) < 4.78 is 0. The highest BCUT2D eigenvalue weighted by atomic mass is 35.5. The van der Waals surface area contributed by atoms with Gasteiger partial charge in [0.1, 0.15) is 5.82 Å². The van der Waals surface area contributed by atoms with Crippen molar-refractivity contribution >= 4 is 29.2 Å². The molecule has 1 aromatic heterocycles. The van der Waals surface area contributed by atoms with Gasteiger partial charge in [-0.2, -0.15) is 0 Å². The predicted octanol–water partition coefficient (Wildman–Crippen LogP) is 4.07. The zero-order valence-electron chi connectivity index (χ0n) is 12.3. The number of nitrogens with one attached hydrogen (secondary N) is 1. The first-order chi connectivity index (χ1) is 10.1. The van der Waals surface area contributed by atoms with Gasteiger partial charge in [0.25, 0.3) is 0 Å². The Morgan fingerprint density at radius 3 is 2.71 bits per heavy atom. The summed E-state index contributed by atoms with van der Waals surface area (Å²) in [7, 11) is 0. The summed E-state index contributed by atoms with van der Waals surface area (Å²) in [6, 6.07) is 10.6. The second-order valence-electron chi connectivity index (χ2n) is 4.86. The third kappa shape index (κ3) is 4.63. The van der Waals surface area contributed by atoms with E-state index in [1.54, 1.807) is 18.0 Å². The number of aromatic nitrogens is 1. The summed E-state index contributed by atoms with van der Waals surface area (Å²) in [4.78, 5) is 5.39. The highest BCUT2D eigenvalue weighted by Gasteiger charge is 2.15. The molecule has 112 valence electrons. The van der Waals surface area contributed by atoms with E-state index in [9.17, 15) is 0 Å². The minimum atomic E-state index is 0.132. The van der Waals surface area contributed by atoms with Crippen LogP contribution in [0.3, 0.4) is 0 Å². The van der Waals surface area contributed by atoms with Crippen LogP contribution in [0.2, 0.25) is 5.02 Å². The molecular weight excluding hydrogens is 302 g/mol. The predicted molar refractivity (Wildman–Crippen MR) is 92.0 cm³/mol. The highest BCUT2D eigenvalue weighted by molar-refractivity contribution is 7.99. The average Bonchev–Trinajstić information content (AvgIpc) is 2.48. The van der Waals surface area contributed by atoms with E-state index in [0.29, 0.717) is 10.8 Å². The molecule has 1 atom stereocenters. The summed E-state index contributed by atoms with van der Waals surface area (Å²) in [5.41, 5.74) is 8.22. The number of thioether (sulfide) groups is 1. The van der Waals surface area contributed by atoms with Crippen LogP contribution in [0.15, 0.2) is 41.4 Å². The van der Waals surface area contributed by atoms with Gasteiger partial charge in [-0.05, 0) is 31.7 Å². The van der Waals surface area contributed by atoms with Crippen molar-refractivity contribution in [3.05, 3.63) is 52.7 Å². The standard InChI is InChI=1S/C16H20ClN3S/c1-3-19-15(14-8-12(17)9-20-16(14)18)10-21-13-6-4-11(2)5-7-13/h4-9,15,19H,3,10H2,1-2H3,(H2,18,20). The molecule has 2 rings (SSSR count). The molecule has 5 heteroatoms. The molecular formula is C16H20ClN3S. The molecule has 0 bridgehead atoms. The molecule has 1 heterocycles. The van der Waals surface area contributed by atoms with Crippen molar-refractivity contribution in [2.24, 2.45) is 0 Å². The first kappa shape index (κ1) is 16.1. The number of aryl methyl sites for hydroxylation is 1. The normalized spacial score (nSPS) is 12.3. The summed E-state index contributed by atoms with van der Waals surface area (Å²) >= 11 is 7.84. The molecule has 21 heavy (non-hydrogen) atoms. The van der Waals surface area contributed by atoms with Crippen LogP contribution in [0, 0.1) is 6.92 Å². The third-order valence-corrected chi connectivity index (χ3v) is 4.49. The maximum Gasteiger partial charge on any atom is 0.128 e. The van der Waals surface area contributed by atoms with Crippen molar-refractivity contribution in [3.8, 4) is 0 Å². The molecule has 0 saturated carbocycles. The summed E-state index contributed by atoms with van der Waals surface area (Å²) in [5, 5.41) is 4.06. The Kier molecular flexibility index (Phi) is 5.91. The number of nitrogens with zero attached hydrogens (tertiary/aromatic N) is 1. The van der Waals surface area contributed by atoms with Crippen molar-refractivity contribution in [1.29, 1.82) is 0 Å². The summed E-state index contributed by atoms with van der Waals surface area (Å²) in [6.07, 6.45) is 1.58. The minimum Gasteiger partial charge on any atom is -0.383 e. The van der Waals surface area contributed by atoms with Crippen molar-refractivity contribution in [2.75, 3.05) is 18.0 Å². The quantitative estimate of drug-likeness (QED) is 0.787. The Balaban J connectivity index is 2.11. The number of pyridine rings is 1. The SMILES string of the molecule is CCNC(CSc1ccc(C)cc1)c1cc(Cl)cnc1N. The molecule has 0 aliphatic rings. The van der Waals surface area contributed by atoms with E-state index in [1.807, 2.05) is 6.07 Å². The zero-order chi connectivity index (χ0) is 15.2. The largest absolute Gasteiger partial charge is 0.383 e. The molecule has 3 nitrogen and oxygen atoms in total. The molecule has 0 spiro atoms. The summed E-state index contributed by atoms with van der Waals surface area (Å²) in [6.45, 7) is 5.04. The van der Waals surface area contributed by atoms with E-state index in [0.717, 1.165) is 17.9 Å². The van der Waals surface area contributed by atoms with Crippen LogP contribution in [0.25, 0.3) is 0 Å². The van der Waals surface area contributed by atoms with E-state index in [1.165, 1.54) is 10.5 Å². The Morgan fingerprint density at radius 1 is 1.33 bits per heavy atom. The first-order valence-electron chi connectivity index (χ1n) is 6.94. The van der Waals surface area contributed by atoms with E-state index in [-0.39, 0.29) is 6.04 Å². The third-order valence-electron chi connectivity index (χ3n) is 3.18. The maximum atomic E-state index is 6.04. The Hall–Kier alpha value is -1.23. The van der Waals surface area contributed by atoms with Gasteiger partial charge >= 0.3 is 0 Å². The molecule has 2 aromatic rings. The number of nitrogen functional groups attached to an aromatic ring is 1. The number of benzene rings is 1. The number of anilines is 1. The van der Waals surface area contributed by atoms with Crippen LogP contribution in [0.1, 0.15) is 24.1 Å². The molecule has 0 fully saturated rings. The Labute approximate surface area is 135 Å². The van der Waals surface area contributed by atoms with Gasteiger partial charge in [0, 0.05) is 28.5 Å². The van der Waals surface area contributed by atoms with Crippen molar-refractivity contribution in [3.63, 3.8) is 0 Å². The van der Waals surface area contributed by atoms with Crippen LogP contribution in [-0.2, 0) is 0 Å².